The molecule has 0 saturated heterocycles. The van der Waals surface area contributed by atoms with E-state index in [4.69, 9.17) is 14.7 Å². The van der Waals surface area contributed by atoms with E-state index >= 15 is 0 Å². The SMILES string of the molecule is C=C(C#N)C(=O)OCC(OC)OCC. The second-order valence-electron chi connectivity index (χ2n) is 2.31. The van der Waals surface area contributed by atoms with Crippen LogP contribution < -0.4 is 0 Å². The molecule has 1 unspecified atom stereocenters. The largest absolute Gasteiger partial charge is 0.456 e. The molecule has 5 heteroatoms. The molecule has 0 saturated carbocycles. The summed E-state index contributed by atoms with van der Waals surface area (Å²) in [6.07, 6.45) is -0.601. The van der Waals surface area contributed by atoms with Gasteiger partial charge in [-0.25, -0.2) is 4.79 Å². The number of nitriles is 1. The van der Waals surface area contributed by atoms with E-state index in [1.165, 1.54) is 7.11 Å². The average molecular weight is 199 g/mol. The van der Waals surface area contributed by atoms with E-state index in [0.717, 1.165) is 0 Å². The molecule has 0 heterocycles. The maximum Gasteiger partial charge on any atom is 0.348 e. The van der Waals surface area contributed by atoms with Gasteiger partial charge in [0.1, 0.15) is 18.2 Å². The van der Waals surface area contributed by atoms with Crippen LogP contribution >= 0.6 is 0 Å². The highest BCUT2D eigenvalue weighted by Gasteiger charge is 2.12. The summed E-state index contributed by atoms with van der Waals surface area (Å²) >= 11 is 0. The minimum atomic E-state index is -0.755. The fourth-order valence-corrected chi connectivity index (χ4v) is 0.647. The maximum atomic E-state index is 10.9. The number of hydrogen-bond acceptors (Lipinski definition) is 5. The van der Waals surface area contributed by atoms with Crippen LogP contribution in [-0.4, -0.2) is 32.6 Å². The summed E-state index contributed by atoms with van der Waals surface area (Å²) < 4.78 is 14.6. The van der Waals surface area contributed by atoms with Crippen molar-refractivity contribution < 1.29 is 19.0 Å². The van der Waals surface area contributed by atoms with Gasteiger partial charge in [0, 0.05) is 13.7 Å². The first-order valence-corrected chi connectivity index (χ1v) is 4.06. The average Bonchev–Trinajstić information content (AvgIpc) is 2.22. The topological polar surface area (TPSA) is 68.6 Å². The fourth-order valence-electron chi connectivity index (χ4n) is 0.647. The van der Waals surface area contributed by atoms with Crippen molar-refractivity contribution in [3.63, 3.8) is 0 Å². The number of carbonyl (C=O) groups excluding carboxylic acids is 1. The molecule has 0 aromatic rings. The molecule has 0 aromatic carbocycles. The Balaban J connectivity index is 3.86. The van der Waals surface area contributed by atoms with Gasteiger partial charge in [-0.3, -0.25) is 0 Å². The van der Waals surface area contributed by atoms with E-state index in [0.29, 0.717) is 6.61 Å². The summed E-state index contributed by atoms with van der Waals surface area (Å²) in [5, 5.41) is 8.32. The van der Waals surface area contributed by atoms with E-state index < -0.39 is 12.3 Å². The van der Waals surface area contributed by atoms with Gasteiger partial charge in [-0.15, -0.1) is 0 Å². The summed E-state index contributed by atoms with van der Waals surface area (Å²) in [6, 6.07) is 1.59. The number of ether oxygens (including phenoxy) is 3. The van der Waals surface area contributed by atoms with Crippen molar-refractivity contribution in [2.75, 3.05) is 20.3 Å². The van der Waals surface area contributed by atoms with E-state index in [1.807, 2.05) is 0 Å². The van der Waals surface area contributed by atoms with Gasteiger partial charge in [-0.05, 0) is 6.92 Å². The highest BCUT2D eigenvalue weighted by Crippen LogP contribution is 1.98. The molecule has 5 nitrogen and oxygen atoms in total. The Bertz CT molecular complexity index is 244. The van der Waals surface area contributed by atoms with Crippen molar-refractivity contribution in [2.45, 2.75) is 13.2 Å². The van der Waals surface area contributed by atoms with Crippen LogP contribution in [0, 0.1) is 11.3 Å². The monoisotopic (exact) mass is 199 g/mol. The Morgan fingerprint density at radius 3 is 2.71 bits per heavy atom. The Kier molecular flexibility index (Phi) is 6.37. The number of esters is 1. The van der Waals surface area contributed by atoms with Crippen molar-refractivity contribution in [1.82, 2.24) is 0 Å². The standard InChI is InChI=1S/C9H13NO4/c1-4-13-8(12-3)6-14-9(11)7(2)5-10/h8H,2,4,6H2,1,3H3. The van der Waals surface area contributed by atoms with E-state index in [2.05, 4.69) is 11.3 Å². The van der Waals surface area contributed by atoms with Crippen molar-refractivity contribution in [3.8, 4) is 6.07 Å². The third-order valence-corrected chi connectivity index (χ3v) is 1.35. The van der Waals surface area contributed by atoms with Crippen LogP contribution in [0.3, 0.4) is 0 Å². The van der Waals surface area contributed by atoms with Gasteiger partial charge in [0.25, 0.3) is 0 Å². The van der Waals surface area contributed by atoms with Gasteiger partial charge >= 0.3 is 5.97 Å². The molecule has 0 spiro atoms. The zero-order chi connectivity index (χ0) is 11.0. The third kappa shape index (κ3) is 4.60. The van der Waals surface area contributed by atoms with Crippen LogP contribution in [0.25, 0.3) is 0 Å². The molecule has 0 N–H and O–H groups in total. The second-order valence-corrected chi connectivity index (χ2v) is 2.31. The molecule has 1 atom stereocenters. The highest BCUT2D eigenvalue weighted by molar-refractivity contribution is 5.91. The van der Waals surface area contributed by atoms with Crippen molar-refractivity contribution in [2.24, 2.45) is 0 Å². The summed E-state index contributed by atoms with van der Waals surface area (Å²) in [5.74, 6) is -0.755. The predicted molar refractivity (Wildman–Crippen MR) is 48.1 cm³/mol. The molecule has 0 aliphatic carbocycles. The first-order valence-electron chi connectivity index (χ1n) is 4.06. The quantitative estimate of drug-likeness (QED) is 0.271. The Labute approximate surface area is 82.9 Å². The summed E-state index contributed by atoms with van der Waals surface area (Å²) in [6.45, 7) is 5.40. The Morgan fingerprint density at radius 1 is 1.64 bits per heavy atom. The minimum Gasteiger partial charge on any atom is -0.456 e. The third-order valence-electron chi connectivity index (χ3n) is 1.35. The van der Waals surface area contributed by atoms with Crippen LogP contribution in [0.1, 0.15) is 6.92 Å². The Morgan fingerprint density at radius 2 is 2.29 bits per heavy atom. The van der Waals surface area contributed by atoms with Gasteiger partial charge in [0.15, 0.2) is 6.29 Å². The summed E-state index contributed by atoms with van der Waals surface area (Å²) in [5.41, 5.74) is -0.239. The van der Waals surface area contributed by atoms with Crippen molar-refractivity contribution in [3.05, 3.63) is 12.2 Å². The Hall–Kier alpha value is -1.38. The maximum absolute atomic E-state index is 10.9. The summed E-state index contributed by atoms with van der Waals surface area (Å²) in [7, 11) is 1.44. The van der Waals surface area contributed by atoms with Gasteiger partial charge in [-0.2, -0.15) is 5.26 Å². The van der Waals surface area contributed by atoms with E-state index in [9.17, 15) is 4.79 Å². The number of rotatable bonds is 6. The molecular weight excluding hydrogens is 186 g/mol. The van der Waals surface area contributed by atoms with E-state index in [-0.39, 0.29) is 12.2 Å². The highest BCUT2D eigenvalue weighted by atomic mass is 16.7. The lowest BCUT2D eigenvalue weighted by atomic mass is 10.3. The molecule has 0 radical (unpaired) electrons. The molecule has 0 aliphatic rings. The fraction of sp³-hybridized carbons (Fsp3) is 0.556. The van der Waals surface area contributed by atoms with E-state index in [1.54, 1.807) is 13.0 Å². The molecule has 0 rings (SSSR count). The van der Waals surface area contributed by atoms with Crippen molar-refractivity contribution in [1.29, 1.82) is 5.26 Å². The molecule has 0 aliphatic heterocycles. The molecule has 0 amide bonds. The number of carbonyl (C=O) groups is 1. The summed E-state index contributed by atoms with van der Waals surface area (Å²) in [4.78, 5) is 10.9. The molecule has 0 aromatic heterocycles. The lowest BCUT2D eigenvalue weighted by Crippen LogP contribution is -2.24. The second kappa shape index (κ2) is 7.06. The minimum absolute atomic E-state index is 0.0517. The van der Waals surface area contributed by atoms with Crippen LogP contribution in [0.2, 0.25) is 0 Å². The molecule has 78 valence electrons. The lowest BCUT2D eigenvalue weighted by molar-refractivity contribution is -0.169. The predicted octanol–water partition coefficient (Wildman–Crippen LogP) is 0.618. The number of methoxy groups -OCH3 is 1. The smallest absolute Gasteiger partial charge is 0.348 e. The van der Waals surface area contributed by atoms with Gasteiger partial charge in [0.2, 0.25) is 0 Å². The normalized spacial score (nSPS) is 11.5. The number of hydrogen-bond donors (Lipinski definition) is 0. The first kappa shape index (κ1) is 12.6. The molecule has 0 bridgehead atoms. The van der Waals surface area contributed by atoms with Crippen molar-refractivity contribution >= 4 is 5.97 Å². The first-order chi connectivity index (χ1) is 6.65. The molecule has 14 heavy (non-hydrogen) atoms. The van der Waals surface area contributed by atoms with Crippen LogP contribution in [0.15, 0.2) is 12.2 Å². The van der Waals surface area contributed by atoms with Crippen LogP contribution in [0.5, 0.6) is 0 Å². The molecular formula is C9H13NO4. The lowest BCUT2D eigenvalue weighted by Gasteiger charge is -2.14. The van der Waals surface area contributed by atoms with Gasteiger partial charge in [-0.1, -0.05) is 6.58 Å². The van der Waals surface area contributed by atoms with Gasteiger partial charge < -0.3 is 14.2 Å². The zero-order valence-corrected chi connectivity index (χ0v) is 8.28. The molecule has 0 fully saturated rings. The van der Waals surface area contributed by atoms with Crippen LogP contribution in [0.4, 0.5) is 0 Å². The van der Waals surface area contributed by atoms with Crippen LogP contribution in [-0.2, 0) is 19.0 Å². The number of nitrogens with zero attached hydrogens (tertiary/aromatic N) is 1. The zero-order valence-electron chi connectivity index (χ0n) is 8.28. The van der Waals surface area contributed by atoms with Gasteiger partial charge in [0.05, 0.1) is 0 Å².